The largest absolute Gasteiger partial charge is 0.386 e. The van der Waals surface area contributed by atoms with Crippen LogP contribution in [0.2, 0.25) is 0 Å². The van der Waals surface area contributed by atoms with Crippen molar-refractivity contribution in [1.29, 1.82) is 0 Å². The zero-order valence-electron chi connectivity index (χ0n) is 12.2. The van der Waals surface area contributed by atoms with E-state index in [-0.39, 0.29) is 9.79 Å². The summed E-state index contributed by atoms with van der Waals surface area (Å²) in [6, 6.07) is 10.5. The molecule has 0 spiro atoms. The van der Waals surface area contributed by atoms with Crippen LogP contribution < -0.4 is 5.32 Å². The first kappa shape index (κ1) is 14.6. The second-order valence-corrected chi connectivity index (χ2v) is 6.89. The average Bonchev–Trinajstić information content (AvgIpc) is 2.88. The van der Waals surface area contributed by atoms with E-state index in [1.165, 1.54) is 18.2 Å². The lowest BCUT2D eigenvalue weighted by molar-refractivity contribution is 0.592. The molecule has 0 atom stereocenters. The molecule has 3 aromatic rings. The van der Waals surface area contributed by atoms with E-state index in [0.29, 0.717) is 11.2 Å². The summed E-state index contributed by atoms with van der Waals surface area (Å²) in [5.41, 5.74) is 1.96. The van der Waals surface area contributed by atoms with Crippen molar-refractivity contribution in [3.8, 4) is 0 Å². The molecule has 0 amide bonds. The molecule has 0 aliphatic carbocycles. The van der Waals surface area contributed by atoms with Crippen LogP contribution in [0.3, 0.4) is 0 Å². The molecule has 0 saturated heterocycles. The molecule has 3 rings (SSSR count). The summed E-state index contributed by atoms with van der Waals surface area (Å²) in [6.07, 6.45) is 1.73. The number of benzene rings is 1. The number of aromatic nitrogens is 1. The number of sulfone groups is 1. The first-order chi connectivity index (χ1) is 10.4. The van der Waals surface area contributed by atoms with Crippen LogP contribution in [-0.2, 0) is 9.84 Å². The fourth-order valence-corrected chi connectivity index (χ4v) is 4.17. The van der Waals surface area contributed by atoms with E-state index >= 15 is 0 Å². The Morgan fingerprint density at radius 1 is 1.14 bits per heavy atom. The van der Waals surface area contributed by atoms with Crippen molar-refractivity contribution in [2.24, 2.45) is 0 Å². The molecule has 0 bridgehead atoms. The van der Waals surface area contributed by atoms with Crippen molar-refractivity contribution in [3.05, 3.63) is 60.2 Å². The van der Waals surface area contributed by atoms with E-state index in [1.807, 2.05) is 13.0 Å². The highest BCUT2D eigenvalue weighted by molar-refractivity contribution is 7.91. The van der Waals surface area contributed by atoms with Crippen LogP contribution in [-0.4, -0.2) is 19.9 Å². The van der Waals surface area contributed by atoms with Gasteiger partial charge in [0.1, 0.15) is 10.7 Å². The van der Waals surface area contributed by atoms with Gasteiger partial charge in [-0.25, -0.2) is 12.8 Å². The number of pyridine rings is 1. The Kier molecular flexibility index (Phi) is 3.41. The number of anilines is 1. The molecule has 6 heteroatoms. The second kappa shape index (κ2) is 5.14. The van der Waals surface area contributed by atoms with E-state index in [1.54, 1.807) is 29.8 Å². The molecule has 4 nitrogen and oxygen atoms in total. The van der Waals surface area contributed by atoms with E-state index in [9.17, 15) is 12.8 Å². The van der Waals surface area contributed by atoms with E-state index < -0.39 is 15.7 Å². The highest BCUT2D eigenvalue weighted by Crippen LogP contribution is 2.33. The standard InChI is InChI=1S/C16H15FN2O2S/c1-11-5-3-8-15-16(14(18-2)10-19(11)15)22(20,21)13-7-4-6-12(17)9-13/h3-10,18H,1-2H3. The monoisotopic (exact) mass is 318 g/mol. The molecule has 1 aromatic carbocycles. The number of nitrogens with zero attached hydrogens (tertiary/aromatic N) is 1. The number of halogens is 1. The van der Waals surface area contributed by atoms with Crippen LogP contribution in [0.5, 0.6) is 0 Å². The summed E-state index contributed by atoms with van der Waals surface area (Å²) in [6.45, 7) is 1.89. The van der Waals surface area contributed by atoms with Crippen LogP contribution in [0.1, 0.15) is 5.69 Å². The number of hydrogen-bond acceptors (Lipinski definition) is 3. The van der Waals surface area contributed by atoms with Gasteiger partial charge in [0, 0.05) is 18.9 Å². The predicted molar refractivity (Wildman–Crippen MR) is 83.5 cm³/mol. The molecule has 0 aliphatic heterocycles. The zero-order chi connectivity index (χ0) is 15.9. The lowest BCUT2D eigenvalue weighted by atomic mass is 10.3. The van der Waals surface area contributed by atoms with Gasteiger partial charge in [0.25, 0.3) is 0 Å². The molecule has 2 aromatic heterocycles. The van der Waals surface area contributed by atoms with Crippen molar-refractivity contribution in [2.75, 3.05) is 12.4 Å². The molecule has 22 heavy (non-hydrogen) atoms. The van der Waals surface area contributed by atoms with Crippen molar-refractivity contribution in [1.82, 2.24) is 4.40 Å². The Balaban J connectivity index is 2.36. The Morgan fingerprint density at radius 2 is 1.86 bits per heavy atom. The zero-order valence-corrected chi connectivity index (χ0v) is 13.0. The van der Waals surface area contributed by atoms with Gasteiger partial charge in [0.2, 0.25) is 9.84 Å². The summed E-state index contributed by atoms with van der Waals surface area (Å²) in [4.78, 5) is 0.0999. The quantitative estimate of drug-likeness (QED) is 0.806. The van der Waals surface area contributed by atoms with Crippen molar-refractivity contribution in [2.45, 2.75) is 16.7 Å². The lowest BCUT2D eigenvalue weighted by Gasteiger charge is -2.07. The molecular weight excluding hydrogens is 303 g/mol. The molecule has 0 radical (unpaired) electrons. The van der Waals surface area contributed by atoms with Crippen LogP contribution in [0.15, 0.2) is 58.5 Å². The minimum Gasteiger partial charge on any atom is -0.386 e. The van der Waals surface area contributed by atoms with Crippen molar-refractivity contribution >= 4 is 21.0 Å². The molecule has 2 heterocycles. The number of rotatable bonds is 3. The third-order valence-electron chi connectivity index (χ3n) is 3.61. The fourth-order valence-electron chi connectivity index (χ4n) is 2.52. The summed E-state index contributed by atoms with van der Waals surface area (Å²) >= 11 is 0. The third kappa shape index (κ3) is 2.16. The van der Waals surface area contributed by atoms with Crippen LogP contribution in [0.25, 0.3) is 5.52 Å². The second-order valence-electron chi connectivity index (χ2n) is 5.01. The van der Waals surface area contributed by atoms with Gasteiger partial charge in [-0.2, -0.15) is 0 Å². The van der Waals surface area contributed by atoms with Gasteiger partial charge in [-0.15, -0.1) is 0 Å². The van der Waals surface area contributed by atoms with E-state index in [0.717, 1.165) is 11.8 Å². The minimum atomic E-state index is -3.83. The van der Waals surface area contributed by atoms with Crippen LogP contribution >= 0.6 is 0 Å². The average molecular weight is 318 g/mol. The molecule has 1 N–H and O–H groups in total. The summed E-state index contributed by atoms with van der Waals surface area (Å²) < 4.78 is 41.1. The summed E-state index contributed by atoms with van der Waals surface area (Å²) in [5, 5.41) is 2.91. The number of nitrogens with one attached hydrogen (secondary N) is 1. The molecule has 0 unspecified atom stereocenters. The van der Waals surface area contributed by atoms with E-state index in [2.05, 4.69) is 5.32 Å². The van der Waals surface area contributed by atoms with Gasteiger partial charge in [0.15, 0.2) is 0 Å². The SMILES string of the molecule is CNc1cn2c(C)cccc2c1S(=O)(=O)c1cccc(F)c1. The maximum absolute atomic E-state index is 13.4. The number of hydrogen-bond donors (Lipinski definition) is 1. The summed E-state index contributed by atoms with van der Waals surface area (Å²) in [7, 11) is -2.17. The Bertz CT molecular complexity index is 961. The van der Waals surface area contributed by atoms with E-state index in [4.69, 9.17) is 0 Å². The maximum atomic E-state index is 13.4. The molecule has 0 aliphatic rings. The van der Waals surface area contributed by atoms with Crippen LogP contribution in [0.4, 0.5) is 10.1 Å². The van der Waals surface area contributed by atoms with Gasteiger partial charge in [-0.1, -0.05) is 12.1 Å². The Hall–Kier alpha value is -2.34. The van der Waals surface area contributed by atoms with Gasteiger partial charge in [-0.05, 0) is 37.3 Å². The van der Waals surface area contributed by atoms with Gasteiger partial charge in [0.05, 0.1) is 16.1 Å². The highest BCUT2D eigenvalue weighted by atomic mass is 32.2. The Morgan fingerprint density at radius 3 is 2.55 bits per heavy atom. The fraction of sp³-hybridized carbons (Fsp3) is 0.125. The topological polar surface area (TPSA) is 50.6 Å². The van der Waals surface area contributed by atoms with Crippen molar-refractivity contribution < 1.29 is 12.8 Å². The predicted octanol–water partition coefficient (Wildman–Crippen LogP) is 3.26. The first-order valence-corrected chi connectivity index (χ1v) is 8.22. The molecule has 0 saturated carbocycles. The minimum absolute atomic E-state index is 0.0568. The third-order valence-corrected chi connectivity index (χ3v) is 5.45. The number of aryl methyl sites for hydroxylation is 1. The Labute approximate surface area is 128 Å². The molecular formula is C16H15FN2O2S. The van der Waals surface area contributed by atoms with Gasteiger partial charge in [-0.3, -0.25) is 0 Å². The van der Waals surface area contributed by atoms with Crippen molar-refractivity contribution in [3.63, 3.8) is 0 Å². The van der Waals surface area contributed by atoms with Gasteiger partial charge < -0.3 is 9.72 Å². The normalized spacial score (nSPS) is 11.8. The highest BCUT2D eigenvalue weighted by Gasteiger charge is 2.26. The molecule has 0 fully saturated rings. The number of fused-ring (bicyclic) bond motifs is 1. The maximum Gasteiger partial charge on any atom is 0.210 e. The summed E-state index contributed by atoms with van der Waals surface area (Å²) in [5.74, 6) is -0.577. The first-order valence-electron chi connectivity index (χ1n) is 6.74. The smallest absolute Gasteiger partial charge is 0.210 e. The van der Waals surface area contributed by atoms with Crippen LogP contribution in [0, 0.1) is 12.7 Å². The van der Waals surface area contributed by atoms with Gasteiger partial charge >= 0.3 is 0 Å². The molecule has 114 valence electrons. The lowest BCUT2D eigenvalue weighted by Crippen LogP contribution is -2.05.